The van der Waals surface area contributed by atoms with Crippen molar-refractivity contribution in [3.8, 4) is 78.4 Å². The third kappa shape index (κ3) is 4.68. The average molecular weight is 675 g/mol. The fourth-order valence-electron chi connectivity index (χ4n) is 8.25. The molecule has 0 fully saturated rings. The molecule has 3 heteroatoms. The Morgan fingerprint density at radius 2 is 0.868 bits per heavy atom. The van der Waals surface area contributed by atoms with Crippen molar-refractivity contribution in [1.29, 1.82) is 0 Å². The molecule has 0 saturated carbocycles. The van der Waals surface area contributed by atoms with Crippen LogP contribution in [0.1, 0.15) is 0 Å². The third-order valence-electron chi connectivity index (χ3n) is 10.7. The summed E-state index contributed by atoms with van der Waals surface area (Å²) in [6.45, 7) is 0. The van der Waals surface area contributed by atoms with Gasteiger partial charge in [-0.3, -0.25) is 0 Å². The minimum absolute atomic E-state index is 0.708. The van der Waals surface area contributed by atoms with Crippen LogP contribution in [0.15, 0.2) is 186 Å². The smallest absolute Gasteiger partial charge is 0.160 e. The van der Waals surface area contributed by atoms with Gasteiger partial charge in [-0.05, 0) is 67.9 Å². The Balaban J connectivity index is 1.11. The third-order valence-corrected chi connectivity index (χ3v) is 10.7. The number of aromatic nitrogens is 2. The van der Waals surface area contributed by atoms with Crippen LogP contribution in [0, 0.1) is 0 Å². The lowest BCUT2D eigenvalue weighted by molar-refractivity contribution is 0.669. The van der Waals surface area contributed by atoms with Gasteiger partial charge in [-0.15, -0.1) is 0 Å². The number of hydrogen-bond acceptors (Lipinski definition) is 3. The highest BCUT2D eigenvalue weighted by atomic mass is 16.3. The van der Waals surface area contributed by atoms with Crippen molar-refractivity contribution in [2.24, 2.45) is 0 Å². The van der Waals surface area contributed by atoms with E-state index >= 15 is 0 Å². The Hall–Kier alpha value is -7.10. The second kappa shape index (κ2) is 11.7. The maximum atomic E-state index is 6.49. The molecular weight excluding hydrogens is 645 g/mol. The van der Waals surface area contributed by atoms with E-state index in [1.54, 1.807) is 0 Å². The van der Waals surface area contributed by atoms with Gasteiger partial charge in [0.15, 0.2) is 5.82 Å². The first-order chi connectivity index (χ1) is 26.3. The summed E-state index contributed by atoms with van der Waals surface area (Å²) in [5.41, 5.74) is 16.5. The fourth-order valence-corrected chi connectivity index (χ4v) is 8.25. The number of furan rings is 1. The summed E-state index contributed by atoms with van der Waals surface area (Å²) in [6.07, 6.45) is 0. The van der Waals surface area contributed by atoms with Crippen molar-refractivity contribution < 1.29 is 4.42 Å². The van der Waals surface area contributed by atoms with Gasteiger partial charge in [0.1, 0.15) is 11.2 Å². The molecule has 0 atom stereocenters. The highest BCUT2D eigenvalue weighted by molar-refractivity contribution is 6.23. The first-order valence-corrected chi connectivity index (χ1v) is 18.0. The summed E-state index contributed by atoms with van der Waals surface area (Å²) >= 11 is 0. The zero-order valence-corrected chi connectivity index (χ0v) is 28.6. The van der Waals surface area contributed by atoms with E-state index in [1.165, 1.54) is 44.2 Å². The van der Waals surface area contributed by atoms with E-state index in [9.17, 15) is 0 Å². The zero-order chi connectivity index (χ0) is 34.9. The Kier molecular flexibility index (Phi) is 6.55. The van der Waals surface area contributed by atoms with Crippen molar-refractivity contribution in [1.82, 2.24) is 9.97 Å². The van der Waals surface area contributed by atoms with Gasteiger partial charge >= 0.3 is 0 Å². The summed E-state index contributed by atoms with van der Waals surface area (Å²) in [5.74, 6) is 0.708. The van der Waals surface area contributed by atoms with Crippen LogP contribution in [0.5, 0.6) is 0 Å². The van der Waals surface area contributed by atoms with Crippen molar-refractivity contribution in [2.75, 3.05) is 0 Å². The molecule has 1 aliphatic rings. The molecule has 1 aliphatic carbocycles. The molecule has 2 aromatic heterocycles. The molecule has 0 aliphatic heterocycles. The molecule has 246 valence electrons. The Labute approximate surface area is 306 Å². The topological polar surface area (TPSA) is 38.9 Å². The highest BCUT2D eigenvalue weighted by Gasteiger charge is 2.25. The van der Waals surface area contributed by atoms with Gasteiger partial charge in [-0.1, -0.05) is 164 Å². The molecule has 0 unspecified atom stereocenters. The maximum absolute atomic E-state index is 6.49. The molecule has 8 aromatic carbocycles. The monoisotopic (exact) mass is 674 g/mol. The van der Waals surface area contributed by atoms with Crippen LogP contribution in [0.2, 0.25) is 0 Å². The van der Waals surface area contributed by atoms with Gasteiger partial charge in [0.25, 0.3) is 0 Å². The lowest BCUT2D eigenvalue weighted by atomic mass is 9.86. The predicted octanol–water partition coefficient (Wildman–Crippen LogP) is 13.5. The lowest BCUT2D eigenvalue weighted by Crippen LogP contribution is -1.96. The van der Waals surface area contributed by atoms with E-state index in [0.29, 0.717) is 5.82 Å². The predicted molar refractivity (Wildman–Crippen MR) is 218 cm³/mol. The Bertz CT molecular complexity index is 2950. The van der Waals surface area contributed by atoms with Gasteiger partial charge in [0.2, 0.25) is 0 Å². The maximum Gasteiger partial charge on any atom is 0.160 e. The quantitative estimate of drug-likeness (QED) is 0.182. The molecular formula is C50H30N2O. The van der Waals surface area contributed by atoms with E-state index in [4.69, 9.17) is 14.4 Å². The van der Waals surface area contributed by atoms with E-state index < -0.39 is 0 Å². The lowest BCUT2D eigenvalue weighted by Gasteiger charge is -2.16. The van der Waals surface area contributed by atoms with Crippen molar-refractivity contribution in [2.45, 2.75) is 0 Å². The molecule has 0 spiro atoms. The normalized spacial score (nSPS) is 11.8. The summed E-state index contributed by atoms with van der Waals surface area (Å²) in [5, 5.41) is 4.80. The van der Waals surface area contributed by atoms with Crippen LogP contribution in [0.25, 0.3) is 111 Å². The van der Waals surface area contributed by atoms with Crippen LogP contribution in [-0.4, -0.2) is 9.97 Å². The molecule has 0 bridgehead atoms. The first-order valence-electron chi connectivity index (χ1n) is 18.0. The molecule has 0 amide bonds. The average Bonchev–Trinajstić information content (AvgIpc) is 3.78. The molecule has 0 saturated heterocycles. The fraction of sp³-hybridized carbons (Fsp3) is 0. The highest BCUT2D eigenvalue weighted by Crippen LogP contribution is 2.52. The number of rotatable bonds is 5. The van der Waals surface area contributed by atoms with Crippen LogP contribution in [-0.2, 0) is 0 Å². The van der Waals surface area contributed by atoms with Gasteiger partial charge in [0.05, 0.1) is 11.4 Å². The summed E-state index contributed by atoms with van der Waals surface area (Å²) in [4.78, 5) is 10.1. The van der Waals surface area contributed by atoms with Gasteiger partial charge < -0.3 is 4.42 Å². The zero-order valence-electron chi connectivity index (χ0n) is 28.6. The van der Waals surface area contributed by atoms with Crippen molar-refractivity contribution in [3.05, 3.63) is 182 Å². The Morgan fingerprint density at radius 3 is 1.62 bits per heavy atom. The summed E-state index contributed by atoms with van der Waals surface area (Å²) in [7, 11) is 0. The van der Waals surface area contributed by atoms with Crippen LogP contribution in [0.4, 0.5) is 0 Å². The van der Waals surface area contributed by atoms with Gasteiger partial charge in [-0.2, -0.15) is 0 Å². The Morgan fingerprint density at radius 1 is 0.321 bits per heavy atom. The molecule has 11 rings (SSSR count). The number of benzene rings is 8. The molecule has 0 radical (unpaired) electrons. The SMILES string of the molecule is c1ccc(-c2cc(-c3ccc(-c4ccc5oc6ccccc6c5c4-c4ccc5c6c(cccc46)-c4ccccc4-5)cc3)nc(-c3ccccc3)n2)cc1. The van der Waals surface area contributed by atoms with Crippen LogP contribution < -0.4 is 0 Å². The van der Waals surface area contributed by atoms with E-state index in [1.807, 2.05) is 42.5 Å². The molecule has 53 heavy (non-hydrogen) atoms. The number of nitrogens with zero attached hydrogens (tertiary/aromatic N) is 2. The number of para-hydroxylation sites is 1. The van der Waals surface area contributed by atoms with Gasteiger partial charge in [-0.25, -0.2) is 9.97 Å². The largest absolute Gasteiger partial charge is 0.456 e. The second-order valence-electron chi connectivity index (χ2n) is 13.7. The standard InChI is InChI=1S/C50H30N2O/c1-3-12-32(13-4-1)43-30-44(52-50(51-43)34-14-5-2-6-15-34)33-24-22-31(23-25-33)35-28-29-46-49(42-18-9-10-21-45(42)53-46)48(35)41-27-26-40-37-17-8-7-16-36(37)38-19-11-20-39(41)47(38)40/h1-30H. The van der Waals surface area contributed by atoms with Gasteiger partial charge in [0, 0.05) is 33.0 Å². The van der Waals surface area contributed by atoms with Crippen molar-refractivity contribution in [3.63, 3.8) is 0 Å². The van der Waals surface area contributed by atoms with E-state index in [-0.39, 0.29) is 0 Å². The van der Waals surface area contributed by atoms with Crippen LogP contribution >= 0.6 is 0 Å². The van der Waals surface area contributed by atoms with E-state index in [2.05, 4.69) is 140 Å². The number of hydrogen-bond donors (Lipinski definition) is 0. The van der Waals surface area contributed by atoms with Crippen molar-refractivity contribution >= 4 is 32.7 Å². The minimum Gasteiger partial charge on any atom is -0.456 e. The molecule has 3 nitrogen and oxygen atoms in total. The minimum atomic E-state index is 0.708. The van der Waals surface area contributed by atoms with E-state index in [0.717, 1.165) is 61.1 Å². The molecule has 0 N–H and O–H groups in total. The molecule has 10 aromatic rings. The molecule has 2 heterocycles. The summed E-state index contributed by atoms with van der Waals surface area (Å²) in [6, 6.07) is 64.3. The number of fused-ring (bicyclic) bond motifs is 6. The van der Waals surface area contributed by atoms with Crippen LogP contribution in [0.3, 0.4) is 0 Å². The summed E-state index contributed by atoms with van der Waals surface area (Å²) < 4.78 is 6.49. The first kappa shape index (κ1) is 29.6. The second-order valence-corrected chi connectivity index (χ2v) is 13.7.